The molecule has 4 rings (SSSR count). The molecule has 4 aromatic rings. The summed E-state index contributed by atoms with van der Waals surface area (Å²) in [6, 6.07) is 16.0. The molecule has 14 heteroatoms. The van der Waals surface area contributed by atoms with E-state index in [9.17, 15) is 24.5 Å². The Balaban J connectivity index is 0.00000420. The van der Waals surface area contributed by atoms with Gasteiger partial charge in [0.15, 0.2) is 12.4 Å². The van der Waals surface area contributed by atoms with Crippen LogP contribution in [-0.2, 0) is 22.6 Å². The monoisotopic (exact) mass is 596 g/mol. The molecule has 0 saturated heterocycles. The van der Waals surface area contributed by atoms with Crippen molar-refractivity contribution in [3.05, 3.63) is 99.2 Å². The van der Waals surface area contributed by atoms with Gasteiger partial charge in [-0.1, -0.05) is 18.2 Å². The Bertz CT molecular complexity index is 1610. The van der Waals surface area contributed by atoms with Gasteiger partial charge in [0.05, 0.1) is 29.1 Å². The third kappa shape index (κ3) is 7.29. The number of rotatable bonds is 9. The number of nitro groups is 1. The van der Waals surface area contributed by atoms with Crippen LogP contribution in [0.2, 0.25) is 0 Å². The lowest BCUT2D eigenvalue weighted by Gasteiger charge is -2.10. The molecule has 0 fully saturated rings. The number of methoxy groups -OCH3 is 1. The zero-order valence-corrected chi connectivity index (χ0v) is 22.2. The summed E-state index contributed by atoms with van der Waals surface area (Å²) in [6.07, 6.45) is 2.99. The molecule has 2 amide bonds. The number of benzene rings is 2. The Hall–Kier alpha value is -4.98. The molecule has 0 radical (unpaired) electrons. The van der Waals surface area contributed by atoms with Crippen LogP contribution in [-0.4, -0.2) is 39.5 Å². The van der Waals surface area contributed by atoms with Crippen LogP contribution in [0.4, 0.5) is 11.4 Å². The number of amides is 2. The van der Waals surface area contributed by atoms with Gasteiger partial charge in [-0.25, -0.2) is 10.4 Å². The number of pyridine rings is 1. The highest BCUT2D eigenvalue weighted by atomic mass is 79.9. The molecule has 2 heterocycles. The van der Waals surface area contributed by atoms with Gasteiger partial charge in [0.25, 0.3) is 17.2 Å². The summed E-state index contributed by atoms with van der Waals surface area (Å²) >= 11 is 0. The fourth-order valence-electron chi connectivity index (χ4n) is 3.48. The lowest BCUT2D eigenvalue weighted by molar-refractivity contribution is -0.684. The van der Waals surface area contributed by atoms with Crippen LogP contribution in [0.5, 0.6) is 5.75 Å². The Labute approximate surface area is 231 Å². The Morgan fingerprint density at radius 1 is 1.13 bits per heavy atom. The van der Waals surface area contributed by atoms with E-state index in [1.165, 1.54) is 19.2 Å². The van der Waals surface area contributed by atoms with Crippen molar-refractivity contribution in [2.24, 2.45) is 5.10 Å². The molecular weight excluding hydrogens is 574 g/mol. The van der Waals surface area contributed by atoms with Gasteiger partial charge < -0.3 is 15.0 Å². The fraction of sp³-hybridized carbons (Fsp3) is 0.120. The lowest BCUT2D eigenvalue weighted by Crippen LogP contribution is -2.41. The van der Waals surface area contributed by atoms with Crippen LogP contribution in [0.15, 0.2) is 83.0 Å². The average Bonchev–Trinajstić information content (AvgIpc) is 2.91. The number of hydrazone groups is 1. The number of aromatic nitrogens is 3. The molecule has 0 aliphatic heterocycles. The number of fused-ring (bicyclic) bond motifs is 1. The number of anilines is 1. The molecule has 0 saturated carbocycles. The zero-order chi connectivity index (χ0) is 27.1. The van der Waals surface area contributed by atoms with Crippen LogP contribution < -0.4 is 25.6 Å². The van der Waals surface area contributed by atoms with E-state index in [0.29, 0.717) is 11.0 Å². The van der Waals surface area contributed by atoms with Crippen LogP contribution in [0, 0.1) is 10.1 Å². The van der Waals surface area contributed by atoms with Gasteiger partial charge in [-0.3, -0.25) is 24.5 Å². The molecule has 0 atom stereocenters. The first kappa shape index (κ1) is 28.6. The molecule has 0 unspecified atom stereocenters. The van der Waals surface area contributed by atoms with E-state index in [4.69, 9.17) is 4.74 Å². The SMILES string of the molecule is Br.COc1ccc(NC(=O)/C(Cc2nc3ccccc3[nH]c2=O)=N\NC(=O)C[n+]2ccccc2)c([N+](=O)[O-])c1. The third-order valence-electron chi connectivity index (χ3n) is 5.34. The number of hydrogen-bond donors (Lipinski definition) is 3. The molecule has 2 aromatic heterocycles. The minimum absolute atomic E-state index is 0. The molecular formula is C25H23BrN7O6+. The van der Waals surface area contributed by atoms with E-state index >= 15 is 0 Å². The van der Waals surface area contributed by atoms with Crippen LogP contribution in [0.3, 0.4) is 0 Å². The topological polar surface area (TPSA) is 173 Å². The van der Waals surface area contributed by atoms with E-state index < -0.39 is 28.0 Å². The van der Waals surface area contributed by atoms with Crippen molar-refractivity contribution in [3.63, 3.8) is 0 Å². The van der Waals surface area contributed by atoms with E-state index in [1.54, 1.807) is 59.4 Å². The highest BCUT2D eigenvalue weighted by molar-refractivity contribution is 8.93. The highest BCUT2D eigenvalue weighted by Gasteiger charge is 2.22. The van der Waals surface area contributed by atoms with Crippen molar-refractivity contribution < 1.29 is 23.8 Å². The first-order chi connectivity index (χ1) is 18.3. The molecule has 39 heavy (non-hydrogen) atoms. The van der Waals surface area contributed by atoms with Crippen LogP contribution in [0.1, 0.15) is 5.69 Å². The molecule has 2 aromatic carbocycles. The van der Waals surface area contributed by atoms with Gasteiger partial charge in [-0.2, -0.15) is 9.67 Å². The zero-order valence-electron chi connectivity index (χ0n) is 20.5. The summed E-state index contributed by atoms with van der Waals surface area (Å²) in [5.41, 5.74) is 1.87. The number of nitro benzene ring substituents is 1. The number of hydrogen-bond acceptors (Lipinski definition) is 8. The molecule has 13 nitrogen and oxygen atoms in total. The maximum absolute atomic E-state index is 13.2. The lowest BCUT2D eigenvalue weighted by atomic mass is 10.1. The fourth-order valence-corrected chi connectivity index (χ4v) is 3.48. The molecule has 3 N–H and O–H groups in total. The standard InChI is InChI=1S/C25H21N7O6.BrH/c1-38-16-9-10-19(22(13-16)32(36)37)28-25(35)21(29-30-23(33)15-31-11-5-2-6-12-31)14-20-24(34)27-18-8-4-3-7-17(18)26-20;/h2-13H,14-15H2,1H3,(H2-,27,28,30,33,34,35);1H/p+1. The van der Waals surface area contributed by atoms with Crippen LogP contribution >= 0.6 is 17.0 Å². The second kappa shape index (κ2) is 13.0. The largest absolute Gasteiger partial charge is 0.496 e. The van der Waals surface area contributed by atoms with E-state index in [2.05, 4.69) is 25.8 Å². The summed E-state index contributed by atoms with van der Waals surface area (Å²) in [5, 5.41) is 17.9. The van der Waals surface area contributed by atoms with E-state index in [-0.39, 0.29) is 52.8 Å². The second-order valence-corrected chi connectivity index (χ2v) is 7.94. The number of halogens is 1. The second-order valence-electron chi connectivity index (χ2n) is 7.94. The summed E-state index contributed by atoms with van der Waals surface area (Å²) in [6.45, 7) is -0.0853. The van der Waals surface area contributed by atoms with Crippen molar-refractivity contribution in [2.75, 3.05) is 12.4 Å². The number of ether oxygens (including phenoxy) is 1. The summed E-state index contributed by atoms with van der Waals surface area (Å²) in [7, 11) is 1.35. The van der Waals surface area contributed by atoms with Crippen LogP contribution in [0.25, 0.3) is 11.0 Å². The molecule has 200 valence electrons. The number of nitrogens with zero attached hydrogens (tertiary/aromatic N) is 4. The van der Waals surface area contributed by atoms with E-state index in [0.717, 1.165) is 6.07 Å². The molecule has 0 spiro atoms. The number of carbonyl (C=O) groups excluding carboxylic acids is 2. The third-order valence-corrected chi connectivity index (χ3v) is 5.34. The Morgan fingerprint density at radius 3 is 2.59 bits per heavy atom. The normalized spacial score (nSPS) is 10.8. The van der Waals surface area contributed by atoms with Crippen molar-refractivity contribution >= 4 is 56.9 Å². The number of para-hydroxylation sites is 2. The molecule has 0 aliphatic carbocycles. The smallest absolute Gasteiger partial charge is 0.305 e. The van der Waals surface area contributed by atoms with Gasteiger partial charge >= 0.3 is 5.91 Å². The van der Waals surface area contributed by atoms with E-state index in [1.807, 2.05) is 0 Å². The average molecular weight is 597 g/mol. The minimum atomic E-state index is -0.875. The van der Waals surface area contributed by atoms with Crippen molar-refractivity contribution in [3.8, 4) is 5.75 Å². The predicted octanol–water partition coefficient (Wildman–Crippen LogP) is 2.06. The van der Waals surface area contributed by atoms with Gasteiger partial charge in [0.2, 0.25) is 6.54 Å². The number of carbonyl (C=O) groups is 2. The predicted molar refractivity (Wildman–Crippen MR) is 147 cm³/mol. The number of H-pyrrole nitrogens is 1. The quantitative estimate of drug-likeness (QED) is 0.115. The van der Waals surface area contributed by atoms with Gasteiger partial charge in [-0.15, -0.1) is 17.0 Å². The van der Waals surface area contributed by atoms with Crippen molar-refractivity contribution in [2.45, 2.75) is 13.0 Å². The summed E-state index contributed by atoms with van der Waals surface area (Å²) in [4.78, 5) is 56.2. The first-order valence-electron chi connectivity index (χ1n) is 11.2. The van der Waals surface area contributed by atoms with Gasteiger partial charge in [0.1, 0.15) is 22.8 Å². The Morgan fingerprint density at radius 2 is 1.87 bits per heavy atom. The maximum Gasteiger partial charge on any atom is 0.305 e. The minimum Gasteiger partial charge on any atom is -0.496 e. The first-order valence-corrected chi connectivity index (χ1v) is 11.2. The van der Waals surface area contributed by atoms with Gasteiger partial charge in [0, 0.05) is 18.6 Å². The maximum atomic E-state index is 13.2. The Kier molecular flexibility index (Phi) is 9.53. The summed E-state index contributed by atoms with van der Waals surface area (Å²) < 4.78 is 6.61. The molecule has 0 bridgehead atoms. The van der Waals surface area contributed by atoms with Crippen molar-refractivity contribution in [1.82, 2.24) is 15.4 Å². The highest BCUT2D eigenvalue weighted by Crippen LogP contribution is 2.29. The van der Waals surface area contributed by atoms with Crippen molar-refractivity contribution in [1.29, 1.82) is 0 Å². The summed E-state index contributed by atoms with van der Waals surface area (Å²) in [5.74, 6) is -1.19. The number of nitrogens with one attached hydrogen (secondary N) is 3. The number of aromatic amines is 1. The van der Waals surface area contributed by atoms with Gasteiger partial charge in [-0.05, 0) is 24.3 Å². The molecule has 0 aliphatic rings.